The summed E-state index contributed by atoms with van der Waals surface area (Å²) in [6.07, 6.45) is -1.28. The second kappa shape index (κ2) is 5.00. The molecule has 1 amide bonds. The molecular weight excluding hydrogens is 250 g/mol. The van der Waals surface area contributed by atoms with Crippen LogP contribution in [-0.2, 0) is 16.6 Å². The van der Waals surface area contributed by atoms with Gasteiger partial charge in [-0.15, -0.1) is 0 Å². The van der Waals surface area contributed by atoms with E-state index in [4.69, 9.17) is 9.84 Å². The molecule has 0 spiro atoms. The quantitative estimate of drug-likeness (QED) is 0.818. The Morgan fingerprint density at radius 3 is 2.68 bits per heavy atom. The summed E-state index contributed by atoms with van der Waals surface area (Å²) in [7, 11) is 1.76. The smallest absolute Gasteiger partial charge is 0.334 e. The van der Waals surface area contributed by atoms with Crippen molar-refractivity contribution < 1.29 is 19.4 Å². The van der Waals surface area contributed by atoms with Gasteiger partial charge in [-0.25, -0.2) is 4.79 Å². The van der Waals surface area contributed by atoms with Gasteiger partial charge in [-0.1, -0.05) is 0 Å². The van der Waals surface area contributed by atoms with Gasteiger partial charge in [0.25, 0.3) is 5.91 Å². The van der Waals surface area contributed by atoms with E-state index in [-0.39, 0.29) is 18.6 Å². The number of amides is 1. The standard InChI is InChI=1S/C12H17N3O4/c1-7-4-9(13-14(7)3)11(16)15-5-8(2)19-10(6-15)12(17)18/h4,8,10H,5-6H2,1-3H3,(H,17,18)/t8-,10?/m1/s1. The molecule has 7 heteroatoms. The number of aliphatic carboxylic acids is 1. The summed E-state index contributed by atoms with van der Waals surface area (Å²) < 4.78 is 6.89. The molecule has 2 heterocycles. The molecule has 0 aromatic carbocycles. The van der Waals surface area contributed by atoms with Gasteiger partial charge < -0.3 is 14.7 Å². The van der Waals surface area contributed by atoms with Crippen molar-refractivity contribution in [1.29, 1.82) is 0 Å². The third-order valence-corrected chi connectivity index (χ3v) is 3.16. The van der Waals surface area contributed by atoms with Crippen molar-refractivity contribution in [3.63, 3.8) is 0 Å². The van der Waals surface area contributed by atoms with Crippen LogP contribution in [0.3, 0.4) is 0 Å². The number of aryl methyl sites for hydroxylation is 2. The van der Waals surface area contributed by atoms with Crippen LogP contribution in [0.15, 0.2) is 6.07 Å². The topological polar surface area (TPSA) is 84.7 Å². The first-order chi connectivity index (χ1) is 8.88. The minimum atomic E-state index is -1.05. The third-order valence-electron chi connectivity index (χ3n) is 3.16. The van der Waals surface area contributed by atoms with E-state index in [1.54, 1.807) is 24.7 Å². The van der Waals surface area contributed by atoms with E-state index in [0.717, 1.165) is 5.69 Å². The Bertz CT molecular complexity index is 492. The number of hydrogen-bond acceptors (Lipinski definition) is 4. The Morgan fingerprint density at radius 1 is 1.47 bits per heavy atom. The molecule has 0 radical (unpaired) electrons. The molecular formula is C12H17N3O4. The second-order valence-electron chi connectivity index (χ2n) is 4.78. The number of morpholine rings is 1. The summed E-state index contributed by atoms with van der Waals surface area (Å²) in [5.74, 6) is -1.31. The number of rotatable bonds is 2. The van der Waals surface area contributed by atoms with Gasteiger partial charge in [0, 0.05) is 19.3 Å². The number of carboxylic acids is 1. The van der Waals surface area contributed by atoms with Gasteiger partial charge in [-0.3, -0.25) is 9.48 Å². The molecule has 1 aromatic heterocycles. The Kier molecular flexibility index (Phi) is 3.57. The van der Waals surface area contributed by atoms with Crippen molar-refractivity contribution >= 4 is 11.9 Å². The third kappa shape index (κ3) is 2.76. The maximum absolute atomic E-state index is 12.3. The molecule has 1 saturated heterocycles. The average Bonchev–Trinajstić information content (AvgIpc) is 2.68. The van der Waals surface area contributed by atoms with E-state index < -0.39 is 12.1 Å². The molecule has 1 aromatic rings. The van der Waals surface area contributed by atoms with Crippen molar-refractivity contribution in [3.8, 4) is 0 Å². The molecule has 1 aliphatic heterocycles. The number of carboxylic acid groups (broad SMARTS) is 1. The highest BCUT2D eigenvalue weighted by molar-refractivity contribution is 5.93. The number of nitrogens with zero attached hydrogens (tertiary/aromatic N) is 3. The molecule has 2 atom stereocenters. The highest BCUT2D eigenvalue weighted by Crippen LogP contribution is 2.14. The first kappa shape index (κ1) is 13.5. The fourth-order valence-corrected chi connectivity index (χ4v) is 2.08. The Labute approximate surface area is 110 Å². The number of carbonyl (C=O) groups is 2. The Balaban J connectivity index is 2.16. The Hall–Kier alpha value is -1.89. The maximum atomic E-state index is 12.3. The zero-order valence-corrected chi connectivity index (χ0v) is 11.2. The summed E-state index contributed by atoms with van der Waals surface area (Å²) in [4.78, 5) is 24.7. The van der Waals surface area contributed by atoms with E-state index in [2.05, 4.69) is 5.10 Å². The summed E-state index contributed by atoms with van der Waals surface area (Å²) in [5.41, 5.74) is 1.21. The first-order valence-electron chi connectivity index (χ1n) is 6.06. The van der Waals surface area contributed by atoms with E-state index in [0.29, 0.717) is 12.2 Å². The highest BCUT2D eigenvalue weighted by Gasteiger charge is 2.33. The van der Waals surface area contributed by atoms with Crippen LogP contribution in [0.2, 0.25) is 0 Å². The monoisotopic (exact) mass is 267 g/mol. The van der Waals surface area contributed by atoms with Crippen molar-refractivity contribution in [3.05, 3.63) is 17.5 Å². The molecule has 19 heavy (non-hydrogen) atoms. The van der Waals surface area contributed by atoms with Crippen LogP contribution in [-0.4, -0.2) is 57.0 Å². The van der Waals surface area contributed by atoms with Gasteiger partial charge in [-0.2, -0.15) is 5.10 Å². The molecule has 2 rings (SSSR count). The van der Waals surface area contributed by atoms with E-state index in [1.807, 2.05) is 6.92 Å². The van der Waals surface area contributed by atoms with Gasteiger partial charge in [0.15, 0.2) is 11.8 Å². The SMILES string of the molecule is Cc1cc(C(=O)N2CC(C(=O)O)O[C@H](C)C2)nn1C. The highest BCUT2D eigenvalue weighted by atomic mass is 16.5. The van der Waals surface area contributed by atoms with Crippen LogP contribution in [0.5, 0.6) is 0 Å². The molecule has 0 saturated carbocycles. The van der Waals surface area contributed by atoms with Gasteiger partial charge >= 0.3 is 5.97 Å². The molecule has 1 unspecified atom stereocenters. The zero-order chi connectivity index (χ0) is 14.2. The van der Waals surface area contributed by atoms with Crippen LogP contribution >= 0.6 is 0 Å². The zero-order valence-electron chi connectivity index (χ0n) is 11.2. The van der Waals surface area contributed by atoms with Crippen LogP contribution < -0.4 is 0 Å². The lowest BCUT2D eigenvalue weighted by Crippen LogP contribution is -2.51. The summed E-state index contributed by atoms with van der Waals surface area (Å²) in [6.45, 7) is 4.02. The van der Waals surface area contributed by atoms with Gasteiger partial charge in [-0.05, 0) is 19.9 Å². The lowest BCUT2D eigenvalue weighted by Gasteiger charge is -2.34. The summed E-state index contributed by atoms with van der Waals surface area (Å²) in [5, 5.41) is 13.1. The summed E-state index contributed by atoms with van der Waals surface area (Å²) >= 11 is 0. The predicted molar refractivity (Wildman–Crippen MR) is 65.8 cm³/mol. The van der Waals surface area contributed by atoms with Crippen LogP contribution in [0.1, 0.15) is 23.1 Å². The van der Waals surface area contributed by atoms with Crippen LogP contribution in [0.25, 0.3) is 0 Å². The fourth-order valence-electron chi connectivity index (χ4n) is 2.08. The fraction of sp³-hybridized carbons (Fsp3) is 0.583. The number of aromatic nitrogens is 2. The lowest BCUT2D eigenvalue weighted by molar-refractivity contribution is -0.160. The Morgan fingerprint density at radius 2 is 2.16 bits per heavy atom. The lowest BCUT2D eigenvalue weighted by atomic mass is 10.2. The molecule has 0 aliphatic carbocycles. The van der Waals surface area contributed by atoms with Crippen LogP contribution in [0.4, 0.5) is 0 Å². The first-order valence-corrected chi connectivity index (χ1v) is 6.06. The molecule has 1 aliphatic rings. The van der Waals surface area contributed by atoms with Crippen LogP contribution in [0, 0.1) is 6.92 Å². The number of ether oxygens (including phenoxy) is 1. The molecule has 104 valence electrons. The van der Waals surface area contributed by atoms with Gasteiger partial charge in [0.05, 0.1) is 12.6 Å². The predicted octanol–water partition coefficient (Wildman–Crippen LogP) is 0.0426. The number of carbonyl (C=O) groups excluding carboxylic acids is 1. The van der Waals surface area contributed by atoms with E-state index >= 15 is 0 Å². The summed E-state index contributed by atoms with van der Waals surface area (Å²) in [6, 6.07) is 1.69. The van der Waals surface area contributed by atoms with Crippen molar-refractivity contribution in [2.75, 3.05) is 13.1 Å². The van der Waals surface area contributed by atoms with Crippen molar-refractivity contribution in [2.24, 2.45) is 7.05 Å². The molecule has 1 N–H and O–H groups in total. The van der Waals surface area contributed by atoms with E-state index in [1.165, 1.54) is 4.90 Å². The molecule has 1 fully saturated rings. The normalized spacial score (nSPS) is 23.4. The van der Waals surface area contributed by atoms with Gasteiger partial charge in [0.1, 0.15) is 0 Å². The van der Waals surface area contributed by atoms with E-state index in [9.17, 15) is 9.59 Å². The largest absolute Gasteiger partial charge is 0.479 e. The van der Waals surface area contributed by atoms with Crippen molar-refractivity contribution in [1.82, 2.24) is 14.7 Å². The minimum absolute atomic E-state index is 0.0497. The van der Waals surface area contributed by atoms with Crippen molar-refractivity contribution in [2.45, 2.75) is 26.1 Å². The minimum Gasteiger partial charge on any atom is -0.479 e. The second-order valence-corrected chi connectivity index (χ2v) is 4.78. The van der Waals surface area contributed by atoms with Gasteiger partial charge in [0.2, 0.25) is 0 Å². The molecule has 7 nitrogen and oxygen atoms in total. The average molecular weight is 267 g/mol. The number of hydrogen-bond donors (Lipinski definition) is 1. The maximum Gasteiger partial charge on any atom is 0.334 e. The molecule has 0 bridgehead atoms.